The second kappa shape index (κ2) is 5.41. The predicted octanol–water partition coefficient (Wildman–Crippen LogP) is 1.61. The van der Waals surface area contributed by atoms with Gasteiger partial charge in [0.05, 0.1) is 11.1 Å². The highest BCUT2D eigenvalue weighted by Crippen LogP contribution is 2.29. The first-order valence-electron chi connectivity index (χ1n) is 6.08. The first kappa shape index (κ1) is 13.4. The van der Waals surface area contributed by atoms with Crippen molar-refractivity contribution < 1.29 is 5.21 Å². The molecule has 0 spiro atoms. The number of rotatable bonds is 3. The van der Waals surface area contributed by atoms with Crippen LogP contribution in [-0.2, 0) is 7.05 Å². The Kier molecular flexibility index (Phi) is 3.44. The number of para-hydroxylation sites is 1. The Morgan fingerprint density at radius 2 is 2.19 bits per heavy atom. The summed E-state index contributed by atoms with van der Waals surface area (Å²) >= 11 is 1.31. The van der Waals surface area contributed by atoms with Crippen molar-refractivity contribution in [2.75, 3.05) is 0 Å². The van der Waals surface area contributed by atoms with E-state index in [4.69, 9.17) is 10.9 Å². The van der Waals surface area contributed by atoms with Gasteiger partial charge in [0, 0.05) is 12.4 Å². The molecule has 2 aromatic heterocycles. The van der Waals surface area contributed by atoms with Crippen LogP contribution in [0.3, 0.4) is 0 Å². The molecular weight excluding hydrogens is 288 g/mol. The van der Waals surface area contributed by atoms with E-state index < -0.39 is 0 Å². The first-order valence-corrected chi connectivity index (χ1v) is 6.90. The summed E-state index contributed by atoms with van der Waals surface area (Å²) in [5, 5.41) is 22.1. The van der Waals surface area contributed by atoms with Crippen LogP contribution >= 0.6 is 11.8 Å². The van der Waals surface area contributed by atoms with Crippen molar-refractivity contribution in [1.82, 2.24) is 19.7 Å². The van der Waals surface area contributed by atoms with Crippen LogP contribution < -0.4 is 5.73 Å². The number of aromatic nitrogens is 4. The summed E-state index contributed by atoms with van der Waals surface area (Å²) in [4.78, 5) is 4.57. The van der Waals surface area contributed by atoms with E-state index in [9.17, 15) is 0 Å². The zero-order chi connectivity index (χ0) is 14.8. The van der Waals surface area contributed by atoms with Crippen molar-refractivity contribution in [2.24, 2.45) is 17.9 Å². The molecule has 0 unspecified atom stereocenters. The summed E-state index contributed by atoms with van der Waals surface area (Å²) in [6.45, 7) is 0. The van der Waals surface area contributed by atoms with Gasteiger partial charge in [-0.3, -0.25) is 0 Å². The molecule has 3 rings (SSSR count). The molecule has 3 aromatic rings. The molecule has 1 aromatic carbocycles. The Hall–Kier alpha value is -2.61. The van der Waals surface area contributed by atoms with E-state index in [2.05, 4.69) is 20.3 Å². The smallest absolute Gasteiger partial charge is 0.197 e. The van der Waals surface area contributed by atoms with Gasteiger partial charge in [-0.15, -0.1) is 10.2 Å². The fourth-order valence-corrected chi connectivity index (χ4v) is 2.73. The number of amidine groups is 1. The lowest BCUT2D eigenvalue weighted by Crippen LogP contribution is -2.15. The molecule has 0 amide bonds. The number of fused-ring (bicyclic) bond motifs is 1. The van der Waals surface area contributed by atoms with E-state index in [0.717, 1.165) is 10.9 Å². The van der Waals surface area contributed by atoms with E-state index in [-0.39, 0.29) is 5.84 Å². The Bertz CT molecular complexity index is 828. The van der Waals surface area contributed by atoms with E-state index in [0.29, 0.717) is 15.7 Å². The van der Waals surface area contributed by atoms with Gasteiger partial charge in [-0.2, -0.15) is 0 Å². The Balaban J connectivity index is 2.16. The van der Waals surface area contributed by atoms with Gasteiger partial charge in [-0.25, -0.2) is 4.98 Å². The fourth-order valence-electron chi connectivity index (χ4n) is 1.86. The topological polar surface area (TPSA) is 102 Å². The molecule has 0 saturated heterocycles. The van der Waals surface area contributed by atoms with Crippen LogP contribution in [0.5, 0.6) is 0 Å². The van der Waals surface area contributed by atoms with Crippen LogP contribution in [0, 0.1) is 0 Å². The quantitative estimate of drug-likeness (QED) is 0.330. The molecular formula is C13H12N6OS. The van der Waals surface area contributed by atoms with Crippen molar-refractivity contribution in [3.8, 4) is 0 Å². The number of hydrogen-bond acceptors (Lipinski definition) is 6. The fraction of sp³-hybridized carbons (Fsp3) is 0.0769. The third-order valence-corrected chi connectivity index (χ3v) is 3.99. The number of aryl methyl sites for hydroxylation is 1. The van der Waals surface area contributed by atoms with E-state index >= 15 is 0 Å². The first-order chi connectivity index (χ1) is 10.2. The lowest BCUT2D eigenvalue weighted by atomic mass is 10.1. The van der Waals surface area contributed by atoms with Crippen molar-refractivity contribution in [3.63, 3.8) is 0 Å². The Morgan fingerprint density at radius 1 is 1.38 bits per heavy atom. The molecule has 7 nitrogen and oxygen atoms in total. The van der Waals surface area contributed by atoms with Gasteiger partial charge in [0.2, 0.25) is 0 Å². The molecule has 0 aliphatic carbocycles. The summed E-state index contributed by atoms with van der Waals surface area (Å²) in [7, 11) is 1.84. The van der Waals surface area contributed by atoms with Gasteiger partial charge in [0.1, 0.15) is 11.4 Å². The van der Waals surface area contributed by atoms with Gasteiger partial charge < -0.3 is 15.5 Å². The van der Waals surface area contributed by atoms with Crippen LogP contribution in [0.25, 0.3) is 10.9 Å². The minimum absolute atomic E-state index is 0.0120. The monoisotopic (exact) mass is 300 g/mol. The van der Waals surface area contributed by atoms with Gasteiger partial charge in [-0.1, -0.05) is 23.4 Å². The number of hydrogen-bond donors (Lipinski definition) is 2. The summed E-state index contributed by atoms with van der Waals surface area (Å²) in [6.07, 6.45) is 1.60. The highest BCUT2D eigenvalue weighted by molar-refractivity contribution is 7.99. The normalized spacial score (nSPS) is 12.0. The zero-order valence-electron chi connectivity index (χ0n) is 11.1. The van der Waals surface area contributed by atoms with Gasteiger partial charge in [0.15, 0.2) is 11.0 Å². The third-order valence-electron chi connectivity index (χ3n) is 2.93. The van der Waals surface area contributed by atoms with Crippen molar-refractivity contribution >= 4 is 28.5 Å². The third kappa shape index (κ3) is 2.52. The number of benzene rings is 1. The molecule has 0 radical (unpaired) electrons. The number of nitrogens with two attached hydrogens (primary N) is 1. The molecule has 0 atom stereocenters. The lowest BCUT2D eigenvalue weighted by Gasteiger charge is -2.08. The highest BCUT2D eigenvalue weighted by atomic mass is 32.2. The van der Waals surface area contributed by atoms with Gasteiger partial charge in [0.25, 0.3) is 0 Å². The molecule has 0 bridgehead atoms. The van der Waals surface area contributed by atoms with E-state index in [1.165, 1.54) is 11.8 Å². The minimum Gasteiger partial charge on any atom is -0.409 e. The predicted molar refractivity (Wildman–Crippen MR) is 79.4 cm³/mol. The largest absolute Gasteiger partial charge is 0.409 e. The lowest BCUT2D eigenvalue weighted by molar-refractivity contribution is 0.318. The second-order valence-corrected chi connectivity index (χ2v) is 5.30. The van der Waals surface area contributed by atoms with Crippen LogP contribution in [0.1, 0.15) is 5.56 Å². The van der Waals surface area contributed by atoms with Crippen LogP contribution in [0.4, 0.5) is 0 Å². The minimum atomic E-state index is 0.0120. The van der Waals surface area contributed by atoms with Crippen molar-refractivity contribution in [2.45, 2.75) is 10.2 Å². The van der Waals surface area contributed by atoms with Crippen LogP contribution in [0.2, 0.25) is 0 Å². The molecule has 0 fully saturated rings. The molecule has 21 heavy (non-hydrogen) atoms. The average molecular weight is 300 g/mol. The zero-order valence-corrected chi connectivity index (χ0v) is 11.9. The van der Waals surface area contributed by atoms with E-state index in [1.54, 1.807) is 10.9 Å². The molecule has 2 heterocycles. The summed E-state index contributed by atoms with van der Waals surface area (Å²) in [6, 6.07) is 9.50. The second-order valence-electron chi connectivity index (χ2n) is 4.35. The summed E-state index contributed by atoms with van der Waals surface area (Å²) < 4.78 is 1.78. The molecule has 0 saturated carbocycles. The van der Waals surface area contributed by atoms with Crippen molar-refractivity contribution in [1.29, 1.82) is 0 Å². The van der Waals surface area contributed by atoms with E-state index in [1.807, 2.05) is 37.4 Å². The molecule has 8 heteroatoms. The van der Waals surface area contributed by atoms with Crippen molar-refractivity contribution in [3.05, 3.63) is 42.2 Å². The molecule has 106 valence electrons. The van der Waals surface area contributed by atoms with Gasteiger partial charge in [-0.05, 0) is 23.9 Å². The number of nitrogens with zero attached hydrogens (tertiary/aromatic N) is 5. The highest BCUT2D eigenvalue weighted by Gasteiger charge is 2.14. The molecule has 0 aliphatic heterocycles. The van der Waals surface area contributed by atoms with Crippen LogP contribution in [0.15, 0.2) is 52.0 Å². The standard InChI is InChI=1S/C13H12N6OS/c1-19-7-15-17-13(19)21-12-9(11(14)18-20)6-8-4-2-3-5-10(8)16-12/h2-7,20H,1H3,(H2,14,18). The number of pyridine rings is 1. The maximum absolute atomic E-state index is 8.96. The Morgan fingerprint density at radius 3 is 2.90 bits per heavy atom. The number of oxime groups is 1. The summed E-state index contributed by atoms with van der Waals surface area (Å²) in [5.74, 6) is 0.0120. The van der Waals surface area contributed by atoms with Crippen LogP contribution in [-0.4, -0.2) is 30.8 Å². The Labute approximate surface area is 124 Å². The maximum Gasteiger partial charge on any atom is 0.197 e. The average Bonchev–Trinajstić information content (AvgIpc) is 2.91. The molecule has 0 aliphatic rings. The molecule has 3 N–H and O–H groups in total. The van der Waals surface area contributed by atoms with Gasteiger partial charge >= 0.3 is 0 Å². The maximum atomic E-state index is 8.96. The SMILES string of the molecule is Cn1cnnc1Sc1nc2ccccc2cc1C(N)=NO. The summed E-state index contributed by atoms with van der Waals surface area (Å²) in [5.41, 5.74) is 7.15.